The maximum absolute atomic E-state index is 13.4. The Labute approximate surface area is 184 Å². The predicted octanol–water partition coefficient (Wildman–Crippen LogP) is 2.54. The number of hydrogen-bond donors (Lipinski definition) is 2. The first kappa shape index (κ1) is 20.7. The molecule has 5 rings (SSSR count). The molecular weight excluding hydrogens is 413 g/mol. The summed E-state index contributed by atoms with van der Waals surface area (Å²) in [6, 6.07) is 14.0. The van der Waals surface area contributed by atoms with E-state index in [0.29, 0.717) is 25.9 Å². The number of fused-ring (bicyclic) bond motifs is 4. The van der Waals surface area contributed by atoms with Gasteiger partial charge < -0.3 is 19.7 Å². The van der Waals surface area contributed by atoms with Gasteiger partial charge in [-0.1, -0.05) is 30.3 Å². The van der Waals surface area contributed by atoms with E-state index in [1.165, 1.54) is 17.0 Å². The molecule has 7 nitrogen and oxygen atoms in total. The first-order chi connectivity index (χ1) is 15.4. The van der Waals surface area contributed by atoms with Crippen LogP contribution < -0.4 is 0 Å². The van der Waals surface area contributed by atoms with Gasteiger partial charge in [-0.3, -0.25) is 9.59 Å². The summed E-state index contributed by atoms with van der Waals surface area (Å²) >= 11 is 0. The van der Waals surface area contributed by atoms with Crippen molar-refractivity contribution in [3.8, 4) is 0 Å². The van der Waals surface area contributed by atoms with Crippen molar-refractivity contribution in [1.29, 1.82) is 0 Å². The number of carboxylic acid groups (broad SMARTS) is 1. The predicted molar refractivity (Wildman–Crippen MR) is 115 cm³/mol. The molecule has 0 saturated carbocycles. The molecule has 3 heterocycles. The molecule has 0 radical (unpaired) electrons. The third-order valence-corrected chi connectivity index (χ3v) is 6.51. The van der Waals surface area contributed by atoms with E-state index in [-0.39, 0.29) is 24.7 Å². The number of aliphatic hydroxyl groups excluding tert-OH is 1. The normalized spacial score (nSPS) is 20.6. The highest BCUT2D eigenvalue weighted by molar-refractivity contribution is 5.90. The second kappa shape index (κ2) is 8.03. The Morgan fingerprint density at radius 1 is 1.12 bits per heavy atom. The third-order valence-electron chi connectivity index (χ3n) is 6.51. The lowest BCUT2D eigenvalue weighted by Gasteiger charge is -2.31. The topological polar surface area (TPSA) is 86.0 Å². The molecule has 0 bridgehead atoms. The molecule has 8 heteroatoms. The number of hydrogen-bond acceptors (Lipinski definition) is 4. The number of aliphatic hydroxyl groups is 1. The Hall–Kier alpha value is -3.23. The van der Waals surface area contributed by atoms with E-state index in [4.69, 9.17) is 5.11 Å². The van der Waals surface area contributed by atoms with Crippen LogP contribution >= 0.6 is 0 Å². The summed E-state index contributed by atoms with van der Waals surface area (Å²) in [5.41, 5.74) is 4.14. The van der Waals surface area contributed by atoms with E-state index in [2.05, 4.69) is 4.57 Å². The second-order valence-corrected chi connectivity index (χ2v) is 8.42. The van der Waals surface area contributed by atoms with Crippen LogP contribution in [0.25, 0.3) is 10.9 Å². The number of carbonyl (C=O) groups is 2. The zero-order chi connectivity index (χ0) is 22.4. The van der Waals surface area contributed by atoms with Crippen molar-refractivity contribution in [3.05, 3.63) is 71.2 Å². The number of rotatable bonds is 6. The Balaban J connectivity index is 1.48. The van der Waals surface area contributed by atoms with E-state index in [9.17, 15) is 19.1 Å². The lowest BCUT2D eigenvalue weighted by molar-refractivity contribution is -0.140. The van der Waals surface area contributed by atoms with Gasteiger partial charge >= 0.3 is 5.97 Å². The fourth-order valence-corrected chi connectivity index (χ4v) is 4.97. The summed E-state index contributed by atoms with van der Waals surface area (Å²) in [5, 5.41) is 20.8. The number of aromatic nitrogens is 1. The molecule has 32 heavy (non-hydrogen) atoms. The highest BCUT2D eigenvalue weighted by atomic mass is 19.1. The van der Waals surface area contributed by atoms with Crippen molar-refractivity contribution in [3.63, 3.8) is 0 Å². The van der Waals surface area contributed by atoms with Gasteiger partial charge in [0.15, 0.2) is 6.35 Å². The quantitative estimate of drug-likeness (QED) is 0.619. The van der Waals surface area contributed by atoms with Gasteiger partial charge in [-0.25, -0.2) is 9.29 Å². The molecular formula is C24H24FN3O4. The minimum absolute atomic E-state index is 0.0469. The minimum Gasteiger partial charge on any atom is -0.481 e. The lowest BCUT2D eigenvalue weighted by atomic mass is 9.97. The van der Waals surface area contributed by atoms with E-state index < -0.39 is 18.4 Å². The van der Waals surface area contributed by atoms with Gasteiger partial charge in [0.1, 0.15) is 5.82 Å². The number of benzene rings is 2. The van der Waals surface area contributed by atoms with Gasteiger partial charge in [0.2, 0.25) is 5.91 Å². The maximum atomic E-state index is 13.4. The van der Waals surface area contributed by atoms with Crippen LogP contribution in [-0.2, 0) is 29.1 Å². The summed E-state index contributed by atoms with van der Waals surface area (Å²) in [6.45, 7) is 1.17. The summed E-state index contributed by atoms with van der Waals surface area (Å²) in [7, 11) is 0. The average molecular weight is 437 g/mol. The van der Waals surface area contributed by atoms with Crippen molar-refractivity contribution in [1.82, 2.24) is 14.4 Å². The third kappa shape index (κ3) is 3.45. The van der Waals surface area contributed by atoms with Crippen LogP contribution in [-0.4, -0.2) is 55.4 Å². The number of aliphatic carboxylic acids is 1. The fourth-order valence-electron chi connectivity index (χ4n) is 4.97. The molecule has 2 aliphatic rings. The molecule has 0 spiro atoms. The van der Waals surface area contributed by atoms with Crippen LogP contribution in [0.4, 0.5) is 4.39 Å². The van der Waals surface area contributed by atoms with Crippen molar-refractivity contribution < 1.29 is 24.2 Å². The number of nitrogens with zero attached hydrogens (tertiary/aromatic N) is 3. The lowest BCUT2D eigenvalue weighted by Crippen LogP contribution is -2.43. The zero-order valence-electron chi connectivity index (χ0n) is 17.4. The maximum Gasteiger partial charge on any atom is 0.303 e. The van der Waals surface area contributed by atoms with Crippen molar-refractivity contribution in [2.24, 2.45) is 0 Å². The molecule has 2 N–H and O–H groups in total. The van der Waals surface area contributed by atoms with Gasteiger partial charge in [-0.05, 0) is 42.2 Å². The standard InChI is InChI=1S/C24H24FN3O4/c25-16-9-7-15(8-10-16)13-27-19-5-2-1-4-17(19)18-12-20-23(31)26(11-3-6-22(29)30)24(32)28(20)14-21(18)27/h1-2,4-5,7-10,20,24,32H,3,6,11-14H2,(H,29,30). The van der Waals surface area contributed by atoms with Gasteiger partial charge in [-0.15, -0.1) is 0 Å². The van der Waals surface area contributed by atoms with E-state index >= 15 is 0 Å². The average Bonchev–Trinajstić information content (AvgIpc) is 3.21. The Morgan fingerprint density at radius 3 is 2.62 bits per heavy atom. The van der Waals surface area contributed by atoms with Crippen LogP contribution in [0.5, 0.6) is 0 Å². The molecule has 0 aliphatic carbocycles. The smallest absolute Gasteiger partial charge is 0.303 e. The zero-order valence-corrected chi connectivity index (χ0v) is 17.4. The number of carboxylic acids is 1. The fraction of sp³-hybridized carbons (Fsp3) is 0.333. The van der Waals surface area contributed by atoms with Crippen molar-refractivity contribution in [2.45, 2.75) is 44.7 Å². The molecule has 1 amide bonds. The molecule has 2 unspecified atom stereocenters. The molecule has 2 aliphatic heterocycles. The highest BCUT2D eigenvalue weighted by Gasteiger charge is 2.48. The molecule has 3 aromatic rings. The Bertz CT molecular complexity index is 1190. The molecule has 1 aromatic heterocycles. The molecule has 1 saturated heterocycles. The highest BCUT2D eigenvalue weighted by Crippen LogP contribution is 2.37. The minimum atomic E-state index is -1.08. The molecule has 1 fully saturated rings. The SMILES string of the molecule is O=C(O)CCCN1C(=O)C2Cc3c(n(Cc4ccc(F)cc4)c4ccccc34)CN2C1O. The number of amides is 1. The summed E-state index contributed by atoms with van der Waals surface area (Å²) in [6.07, 6.45) is -0.343. The van der Waals surface area contributed by atoms with Crippen LogP contribution in [0.15, 0.2) is 48.5 Å². The molecule has 166 valence electrons. The van der Waals surface area contributed by atoms with Gasteiger partial charge in [-0.2, -0.15) is 0 Å². The monoisotopic (exact) mass is 437 g/mol. The summed E-state index contributed by atoms with van der Waals surface area (Å²) < 4.78 is 15.6. The summed E-state index contributed by atoms with van der Waals surface area (Å²) in [4.78, 5) is 27.0. The molecule has 2 aromatic carbocycles. The van der Waals surface area contributed by atoms with Crippen LogP contribution in [0.1, 0.15) is 29.7 Å². The van der Waals surface area contributed by atoms with E-state index in [0.717, 1.165) is 27.7 Å². The van der Waals surface area contributed by atoms with E-state index in [1.54, 1.807) is 17.0 Å². The van der Waals surface area contributed by atoms with Crippen molar-refractivity contribution in [2.75, 3.05) is 6.54 Å². The Kier molecular flexibility index (Phi) is 5.19. The van der Waals surface area contributed by atoms with Crippen molar-refractivity contribution >= 4 is 22.8 Å². The van der Waals surface area contributed by atoms with Crippen LogP contribution in [0.2, 0.25) is 0 Å². The van der Waals surface area contributed by atoms with Crippen LogP contribution in [0, 0.1) is 5.82 Å². The molecule has 2 atom stereocenters. The van der Waals surface area contributed by atoms with Crippen LogP contribution in [0.3, 0.4) is 0 Å². The van der Waals surface area contributed by atoms with Gasteiger partial charge in [0.05, 0.1) is 6.04 Å². The Morgan fingerprint density at radius 2 is 1.88 bits per heavy atom. The first-order valence-electron chi connectivity index (χ1n) is 10.7. The largest absolute Gasteiger partial charge is 0.481 e. The number of carbonyl (C=O) groups excluding carboxylic acids is 1. The first-order valence-corrected chi connectivity index (χ1v) is 10.7. The number of halogens is 1. The van der Waals surface area contributed by atoms with Gasteiger partial charge in [0.25, 0.3) is 0 Å². The van der Waals surface area contributed by atoms with Gasteiger partial charge in [0, 0.05) is 42.7 Å². The number of para-hydroxylation sites is 1. The summed E-state index contributed by atoms with van der Waals surface area (Å²) in [5.74, 6) is -1.36. The van der Waals surface area contributed by atoms with E-state index in [1.807, 2.05) is 24.3 Å². The second-order valence-electron chi connectivity index (χ2n) is 8.42.